The number of aryl methyl sites for hydroxylation is 1. The van der Waals surface area contributed by atoms with Crippen LogP contribution in [0.1, 0.15) is 18.1 Å². The predicted octanol–water partition coefficient (Wildman–Crippen LogP) is 2.88. The summed E-state index contributed by atoms with van der Waals surface area (Å²) in [5.41, 5.74) is 0.684. The highest BCUT2D eigenvalue weighted by atomic mass is 32.2. The maximum atomic E-state index is 13.2. The van der Waals surface area contributed by atoms with Gasteiger partial charge in [0.1, 0.15) is 5.54 Å². The number of nitrogens with one attached hydrogen (secondary N) is 1. The molecule has 0 radical (unpaired) electrons. The van der Waals surface area contributed by atoms with E-state index < -0.39 is 21.6 Å². The van der Waals surface area contributed by atoms with E-state index in [9.17, 15) is 18.0 Å². The van der Waals surface area contributed by atoms with E-state index in [0.717, 1.165) is 21.9 Å². The van der Waals surface area contributed by atoms with E-state index in [1.807, 2.05) is 66.4 Å². The van der Waals surface area contributed by atoms with Crippen molar-refractivity contribution in [1.82, 2.24) is 19.4 Å². The van der Waals surface area contributed by atoms with Gasteiger partial charge in [0.25, 0.3) is 5.91 Å². The molecule has 0 saturated carbocycles. The van der Waals surface area contributed by atoms with Crippen molar-refractivity contribution in [3.8, 4) is 0 Å². The molecule has 2 heterocycles. The first-order chi connectivity index (χ1) is 16.7. The average Bonchev–Trinajstić information content (AvgIpc) is 3.08. The van der Waals surface area contributed by atoms with Crippen molar-refractivity contribution in [2.45, 2.75) is 24.3 Å². The predicted molar refractivity (Wildman–Crippen MR) is 133 cm³/mol. The lowest BCUT2D eigenvalue weighted by Crippen LogP contribution is -2.52. The van der Waals surface area contributed by atoms with Crippen molar-refractivity contribution < 1.29 is 18.0 Å². The van der Waals surface area contributed by atoms with Crippen LogP contribution in [-0.4, -0.2) is 67.3 Å². The van der Waals surface area contributed by atoms with Gasteiger partial charge < -0.3 is 5.32 Å². The van der Waals surface area contributed by atoms with E-state index in [1.54, 1.807) is 19.1 Å². The minimum atomic E-state index is -3.64. The fourth-order valence-corrected chi connectivity index (χ4v) is 6.15. The van der Waals surface area contributed by atoms with Gasteiger partial charge in [-0.3, -0.25) is 9.69 Å². The molecule has 3 aromatic rings. The summed E-state index contributed by atoms with van der Waals surface area (Å²) >= 11 is 0. The number of hydrogen-bond acceptors (Lipinski definition) is 5. The number of benzene rings is 3. The number of piperazine rings is 1. The number of carbonyl (C=O) groups excluding carboxylic acids is 2. The van der Waals surface area contributed by atoms with Gasteiger partial charge in [-0.15, -0.1) is 0 Å². The van der Waals surface area contributed by atoms with Crippen LogP contribution in [0.15, 0.2) is 71.6 Å². The van der Waals surface area contributed by atoms with Crippen molar-refractivity contribution in [1.29, 1.82) is 0 Å². The number of amides is 3. The largest absolute Gasteiger partial charge is 0.326 e. The fourth-order valence-electron chi connectivity index (χ4n) is 4.70. The normalized spacial score (nSPS) is 22.1. The molecule has 2 aliphatic heterocycles. The first-order valence-electron chi connectivity index (χ1n) is 11.6. The molecule has 0 spiro atoms. The Morgan fingerprint density at radius 3 is 2.23 bits per heavy atom. The quantitative estimate of drug-likeness (QED) is 0.553. The third kappa shape index (κ3) is 4.20. The lowest BCUT2D eigenvalue weighted by atomic mass is 9.91. The summed E-state index contributed by atoms with van der Waals surface area (Å²) < 4.78 is 27.9. The molecule has 0 aromatic heterocycles. The summed E-state index contributed by atoms with van der Waals surface area (Å²) in [6.45, 7) is 5.22. The standard InChI is InChI=1S/C26H28N4O4S/c1-19-7-10-22(11-8-19)26(2)24(31)30(25(32)27-26)18-28-13-15-29(16-14-28)35(33,34)23-12-9-20-5-3-4-6-21(20)17-23/h3-12,17H,13-16,18H2,1-2H3,(H,27,32). The third-order valence-electron chi connectivity index (χ3n) is 6.94. The molecule has 182 valence electrons. The Bertz CT molecular complexity index is 1400. The number of hydrogen-bond donors (Lipinski definition) is 1. The SMILES string of the molecule is Cc1ccc(C2(C)NC(=O)N(CN3CCN(S(=O)(=O)c4ccc5ccccc5c4)CC3)C2=O)cc1. The molecular formula is C26H28N4O4S. The van der Waals surface area contributed by atoms with Gasteiger partial charge in [0, 0.05) is 26.2 Å². The Labute approximate surface area is 205 Å². The van der Waals surface area contributed by atoms with Gasteiger partial charge in [0.05, 0.1) is 11.6 Å². The number of sulfonamides is 1. The zero-order valence-electron chi connectivity index (χ0n) is 19.8. The Kier molecular flexibility index (Phi) is 5.86. The van der Waals surface area contributed by atoms with E-state index in [-0.39, 0.29) is 30.6 Å². The van der Waals surface area contributed by atoms with E-state index in [1.165, 1.54) is 9.21 Å². The molecule has 0 bridgehead atoms. The lowest BCUT2D eigenvalue weighted by Gasteiger charge is -2.35. The van der Waals surface area contributed by atoms with Gasteiger partial charge in [-0.05, 0) is 42.3 Å². The number of urea groups is 1. The van der Waals surface area contributed by atoms with Crippen LogP contribution in [0.25, 0.3) is 10.8 Å². The van der Waals surface area contributed by atoms with Crippen LogP contribution in [0.3, 0.4) is 0 Å². The number of carbonyl (C=O) groups is 2. The van der Waals surface area contributed by atoms with Gasteiger partial charge in [-0.1, -0.05) is 60.2 Å². The second-order valence-corrected chi connectivity index (χ2v) is 11.3. The second-order valence-electron chi connectivity index (χ2n) is 9.33. The maximum absolute atomic E-state index is 13.2. The number of nitrogens with zero attached hydrogens (tertiary/aromatic N) is 3. The number of rotatable bonds is 5. The smallest absolute Gasteiger partial charge is 0.319 e. The van der Waals surface area contributed by atoms with E-state index in [0.29, 0.717) is 13.1 Å². The minimum absolute atomic E-state index is 0.121. The molecular weight excluding hydrogens is 464 g/mol. The van der Waals surface area contributed by atoms with Crippen molar-refractivity contribution in [3.05, 3.63) is 77.9 Å². The van der Waals surface area contributed by atoms with Crippen LogP contribution >= 0.6 is 0 Å². The fraction of sp³-hybridized carbons (Fsp3) is 0.308. The molecule has 1 atom stereocenters. The molecule has 1 N–H and O–H groups in total. The zero-order chi connectivity index (χ0) is 24.8. The highest BCUT2D eigenvalue weighted by molar-refractivity contribution is 7.89. The molecule has 2 saturated heterocycles. The van der Waals surface area contributed by atoms with Crippen LogP contribution in [0.2, 0.25) is 0 Å². The lowest BCUT2D eigenvalue weighted by molar-refractivity contribution is -0.132. The van der Waals surface area contributed by atoms with E-state index >= 15 is 0 Å². The van der Waals surface area contributed by atoms with Crippen LogP contribution in [-0.2, 0) is 20.4 Å². The van der Waals surface area contributed by atoms with Crippen molar-refractivity contribution >= 4 is 32.7 Å². The Balaban J connectivity index is 1.25. The van der Waals surface area contributed by atoms with Gasteiger partial charge in [-0.25, -0.2) is 18.1 Å². The molecule has 2 fully saturated rings. The summed E-state index contributed by atoms with van der Waals surface area (Å²) in [5, 5.41) is 4.69. The van der Waals surface area contributed by atoms with Gasteiger partial charge in [0.2, 0.25) is 10.0 Å². The van der Waals surface area contributed by atoms with Gasteiger partial charge >= 0.3 is 6.03 Å². The summed E-state index contributed by atoms with van der Waals surface area (Å²) in [4.78, 5) is 29.3. The first-order valence-corrected chi connectivity index (χ1v) is 13.0. The molecule has 35 heavy (non-hydrogen) atoms. The molecule has 5 rings (SSSR count). The van der Waals surface area contributed by atoms with Crippen molar-refractivity contribution in [2.24, 2.45) is 0 Å². The highest BCUT2D eigenvalue weighted by Crippen LogP contribution is 2.29. The molecule has 3 amide bonds. The minimum Gasteiger partial charge on any atom is -0.319 e. The molecule has 1 unspecified atom stereocenters. The van der Waals surface area contributed by atoms with Crippen molar-refractivity contribution in [2.75, 3.05) is 32.8 Å². The molecule has 9 heteroatoms. The number of fused-ring (bicyclic) bond motifs is 1. The van der Waals surface area contributed by atoms with Crippen LogP contribution in [0.5, 0.6) is 0 Å². The summed E-state index contributed by atoms with van der Waals surface area (Å²) in [5.74, 6) is -0.308. The molecule has 0 aliphatic carbocycles. The number of imide groups is 1. The third-order valence-corrected chi connectivity index (χ3v) is 8.83. The van der Waals surface area contributed by atoms with Gasteiger partial charge in [0.15, 0.2) is 0 Å². The monoisotopic (exact) mass is 492 g/mol. The van der Waals surface area contributed by atoms with Crippen LogP contribution in [0, 0.1) is 6.92 Å². The van der Waals surface area contributed by atoms with Crippen molar-refractivity contribution in [3.63, 3.8) is 0 Å². The summed E-state index contributed by atoms with van der Waals surface area (Å²) in [7, 11) is -3.64. The average molecular weight is 493 g/mol. The van der Waals surface area contributed by atoms with E-state index in [4.69, 9.17) is 0 Å². The highest BCUT2D eigenvalue weighted by Gasteiger charge is 2.49. The molecule has 2 aliphatic rings. The van der Waals surface area contributed by atoms with Crippen LogP contribution in [0.4, 0.5) is 4.79 Å². The van der Waals surface area contributed by atoms with Gasteiger partial charge in [-0.2, -0.15) is 4.31 Å². The molecule has 8 nitrogen and oxygen atoms in total. The topological polar surface area (TPSA) is 90.0 Å². The Hall–Kier alpha value is -3.27. The first kappa shape index (κ1) is 23.5. The Morgan fingerprint density at radius 1 is 0.886 bits per heavy atom. The molecule has 3 aromatic carbocycles. The summed E-state index contributed by atoms with van der Waals surface area (Å²) in [6.07, 6.45) is 0. The zero-order valence-corrected chi connectivity index (χ0v) is 20.6. The summed E-state index contributed by atoms with van der Waals surface area (Å²) in [6, 6.07) is 19.9. The Morgan fingerprint density at radius 2 is 1.54 bits per heavy atom. The van der Waals surface area contributed by atoms with E-state index in [2.05, 4.69) is 5.32 Å². The maximum Gasteiger partial charge on any atom is 0.326 e. The van der Waals surface area contributed by atoms with Crippen LogP contribution < -0.4 is 5.32 Å². The second kappa shape index (κ2) is 8.75.